The van der Waals surface area contributed by atoms with Gasteiger partial charge in [0, 0.05) is 24.7 Å². The first kappa shape index (κ1) is 12.7. The molecule has 6 nitrogen and oxygen atoms in total. The minimum atomic E-state index is -1.10. The summed E-state index contributed by atoms with van der Waals surface area (Å²) in [5.41, 5.74) is 0.472. The third kappa shape index (κ3) is 2.39. The molecule has 0 aromatic heterocycles. The molecule has 1 unspecified atom stereocenters. The zero-order valence-electron chi connectivity index (χ0n) is 9.97. The van der Waals surface area contributed by atoms with E-state index in [-0.39, 0.29) is 23.2 Å². The molecule has 18 heavy (non-hydrogen) atoms. The monoisotopic (exact) mass is 253 g/mol. The second-order valence-corrected chi connectivity index (χ2v) is 3.98. The number of aromatic carboxylic acids is 1. The molecule has 0 bridgehead atoms. The van der Waals surface area contributed by atoms with Gasteiger partial charge < -0.3 is 25.0 Å². The number of carbonyl (C=O) groups is 1. The molecule has 2 rings (SSSR count). The van der Waals surface area contributed by atoms with Crippen molar-refractivity contribution in [3.8, 4) is 11.5 Å². The van der Waals surface area contributed by atoms with Crippen LogP contribution < -0.4 is 10.1 Å². The van der Waals surface area contributed by atoms with Gasteiger partial charge in [0.25, 0.3) is 0 Å². The van der Waals surface area contributed by atoms with E-state index in [1.807, 2.05) is 0 Å². The minimum Gasteiger partial charge on any atom is -0.507 e. The SMILES string of the molecule is COc1cc(O)c(C2CNCCO2)cc1C(=O)O. The lowest BCUT2D eigenvalue weighted by atomic mass is 10.0. The molecule has 98 valence electrons. The first-order valence-corrected chi connectivity index (χ1v) is 5.60. The Morgan fingerprint density at radius 1 is 1.56 bits per heavy atom. The van der Waals surface area contributed by atoms with Gasteiger partial charge in [0.05, 0.1) is 19.8 Å². The Bertz CT molecular complexity index is 454. The Kier molecular flexibility index (Phi) is 3.69. The summed E-state index contributed by atoms with van der Waals surface area (Å²) in [4.78, 5) is 11.1. The summed E-state index contributed by atoms with van der Waals surface area (Å²) >= 11 is 0. The number of hydrogen-bond donors (Lipinski definition) is 3. The van der Waals surface area contributed by atoms with E-state index >= 15 is 0 Å². The van der Waals surface area contributed by atoms with Gasteiger partial charge in [-0.25, -0.2) is 4.79 Å². The maximum absolute atomic E-state index is 11.1. The maximum atomic E-state index is 11.1. The first-order chi connectivity index (χ1) is 8.63. The second kappa shape index (κ2) is 5.24. The highest BCUT2D eigenvalue weighted by atomic mass is 16.5. The van der Waals surface area contributed by atoms with Crippen LogP contribution in [0.2, 0.25) is 0 Å². The van der Waals surface area contributed by atoms with E-state index in [1.165, 1.54) is 19.2 Å². The molecule has 1 fully saturated rings. The first-order valence-electron chi connectivity index (χ1n) is 5.60. The summed E-state index contributed by atoms with van der Waals surface area (Å²) in [6.45, 7) is 1.82. The fourth-order valence-corrected chi connectivity index (χ4v) is 1.94. The van der Waals surface area contributed by atoms with E-state index < -0.39 is 5.97 Å². The van der Waals surface area contributed by atoms with Crippen molar-refractivity contribution in [2.24, 2.45) is 0 Å². The summed E-state index contributed by atoms with van der Waals surface area (Å²) in [7, 11) is 1.36. The molecule has 1 aliphatic rings. The highest BCUT2D eigenvalue weighted by molar-refractivity contribution is 5.91. The van der Waals surface area contributed by atoms with Crippen LogP contribution in [0.4, 0.5) is 0 Å². The molecule has 1 aromatic rings. The van der Waals surface area contributed by atoms with Gasteiger partial charge >= 0.3 is 5.97 Å². The van der Waals surface area contributed by atoms with Crippen molar-refractivity contribution in [1.29, 1.82) is 0 Å². The minimum absolute atomic E-state index is 0.0134. The third-order valence-electron chi connectivity index (χ3n) is 2.85. The number of ether oxygens (including phenoxy) is 2. The van der Waals surface area contributed by atoms with E-state index in [4.69, 9.17) is 14.6 Å². The molecule has 6 heteroatoms. The van der Waals surface area contributed by atoms with Crippen molar-refractivity contribution in [2.75, 3.05) is 26.8 Å². The zero-order chi connectivity index (χ0) is 13.1. The van der Waals surface area contributed by atoms with E-state index in [0.29, 0.717) is 18.7 Å². The predicted molar refractivity (Wildman–Crippen MR) is 63.2 cm³/mol. The van der Waals surface area contributed by atoms with Crippen LogP contribution in [0.25, 0.3) is 0 Å². The topological polar surface area (TPSA) is 88.0 Å². The number of phenols is 1. The summed E-state index contributed by atoms with van der Waals surface area (Å²) in [6.07, 6.45) is -0.345. The summed E-state index contributed by atoms with van der Waals surface area (Å²) in [5, 5.41) is 22.1. The number of benzene rings is 1. The summed E-state index contributed by atoms with van der Waals surface area (Å²) in [5.74, 6) is -0.991. The van der Waals surface area contributed by atoms with E-state index in [9.17, 15) is 9.90 Å². The van der Waals surface area contributed by atoms with Crippen LogP contribution in [0.15, 0.2) is 12.1 Å². The molecule has 1 atom stereocenters. The number of hydrogen-bond acceptors (Lipinski definition) is 5. The van der Waals surface area contributed by atoms with Gasteiger partial charge in [-0.05, 0) is 6.07 Å². The smallest absolute Gasteiger partial charge is 0.339 e. The Labute approximate surface area is 104 Å². The number of nitrogens with one attached hydrogen (secondary N) is 1. The van der Waals surface area contributed by atoms with E-state index in [0.717, 1.165) is 6.54 Å². The molecule has 1 aliphatic heterocycles. The molecule has 0 aliphatic carbocycles. The number of morpholine rings is 1. The van der Waals surface area contributed by atoms with Crippen LogP contribution in [0.1, 0.15) is 22.0 Å². The van der Waals surface area contributed by atoms with Crippen LogP contribution in [0.5, 0.6) is 11.5 Å². The van der Waals surface area contributed by atoms with Crippen LogP contribution in [-0.4, -0.2) is 43.0 Å². The van der Waals surface area contributed by atoms with E-state index in [2.05, 4.69) is 5.32 Å². The lowest BCUT2D eigenvalue weighted by Gasteiger charge is -2.25. The maximum Gasteiger partial charge on any atom is 0.339 e. The molecule has 0 spiro atoms. The molecule has 1 aromatic carbocycles. The van der Waals surface area contributed by atoms with Gasteiger partial charge in [0.15, 0.2) is 0 Å². The van der Waals surface area contributed by atoms with Gasteiger partial charge in [-0.3, -0.25) is 0 Å². The molecule has 0 radical (unpaired) electrons. The number of methoxy groups -OCH3 is 1. The predicted octanol–water partition coefficient (Wildman–Crippen LogP) is 0.760. The third-order valence-corrected chi connectivity index (χ3v) is 2.85. The zero-order valence-corrected chi connectivity index (χ0v) is 9.97. The summed E-state index contributed by atoms with van der Waals surface area (Å²) in [6, 6.07) is 2.70. The quantitative estimate of drug-likeness (QED) is 0.737. The Morgan fingerprint density at radius 2 is 2.33 bits per heavy atom. The highest BCUT2D eigenvalue weighted by Gasteiger charge is 2.23. The molecule has 0 saturated carbocycles. The molecular formula is C12H15NO5. The van der Waals surface area contributed by atoms with Crippen molar-refractivity contribution >= 4 is 5.97 Å². The largest absolute Gasteiger partial charge is 0.507 e. The lowest BCUT2D eigenvalue weighted by molar-refractivity contribution is 0.0262. The molecular weight excluding hydrogens is 238 g/mol. The van der Waals surface area contributed by atoms with Crippen molar-refractivity contribution in [1.82, 2.24) is 5.32 Å². The fraction of sp³-hybridized carbons (Fsp3) is 0.417. The second-order valence-electron chi connectivity index (χ2n) is 3.98. The Hall–Kier alpha value is -1.79. The van der Waals surface area contributed by atoms with Gasteiger partial charge in [-0.15, -0.1) is 0 Å². The van der Waals surface area contributed by atoms with Crippen LogP contribution >= 0.6 is 0 Å². The number of aromatic hydroxyl groups is 1. The van der Waals surface area contributed by atoms with Crippen molar-refractivity contribution in [2.45, 2.75) is 6.10 Å². The Balaban J connectivity index is 2.40. The van der Waals surface area contributed by atoms with Crippen molar-refractivity contribution in [3.63, 3.8) is 0 Å². The molecule has 0 amide bonds. The standard InChI is InChI=1S/C12H15NO5/c1-17-10-5-9(14)7(4-8(10)12(15)16)11-6-13-2-3-18-11/h4-5,11,13-14H,2-3,6H2,1H3,(H,15,16). The fourth-order valence-electron chi connectivity index (χ4n) is 1.94. The van der Waals surface area contributed by atoms with Crippen molar-refractivity contribution in [3.05, 3.63) is 23.3 Å². The van der Waals surface area contributed by atoms with E-state index in [1.54, 1.807) is 0 Å². The number of carboxylic acid groups (broad SMARTS) is 1. The lowest BCUT2D eigenvalue weighted by Crippen LogP contribution is -2.33. The number of carboxylic acids is 1. The van der Waals surface area contributed by atoms with Crippen molar-refractivity contribution < 1.29 is 24.5 Å². The number of phenolic OH excluding ortho intramolecular Hbond substituents is 1. The Morgan fingerprint density at radius 3 is 2.89 bits per heavy atom. The van der Waals surface area contributed by atoms with Crippen LogP contribution in [0.3, 0.4) is 0 Å². The molecule has 1 heterocycles. The average molecular weight is 253 g/mol. The molecule has 3 N–H and O–H groups in total. The normalized spacial score (nSPS) is 19.5. The van der Waals surface area contributed by atoms with Gasteiger partial charge in [-0.1, -0.05) is 0 Å². The highest BCUT2D eigenvalue weighted by Crippen LogP contribution is 2.34. The number of rotatable bonds is 3. The van der Waals surface area contributed by atoms with Crippen LogP contribution in [0, 0.1) is 0 Å². The average Bonchev–Trinajstić information content (AvgIpc) is 2.39. The van der Waals surface area contributed by atoms with Crippen LogP contribution in [-0.2, 0) is 4.74 Å². The summed E-state index contributed by atoms with van der Waals surface area (Å²) < 4.78 is 10.4. The molecule has 1 saturated heterocycles. The van der Waals surface area contributed by atoms with Gasteiger partial charge in [0.1, 0.15) is 17.1 Å². The van der Waals surface area contributed by atoms with Gasteiger partial charge in [0.2, 0.25) is 0 Å². The van der Waals surface area contributed by atoms with Gasteiger partial charge in [-0.2, -0.15) is 0 Å².